The number of hydrogen-bond donors (Lipinski definition) is 1. The van der Waals surface area contributed by atoms with Gasteiger partial charge in [-0.25, -0.2) is 0 Å². The molecule has 0 saturated heterocycles. The maximum absolute atomic E-state index is 12.9. The Labute approximate surface area is 162 Å². The van der Waals surface area contributed by atoms with Gasteiger partial charge in [-0.3, -0.25) is 9.59 Å². The van der Waals surface area contributed by atoms with Crippen LogP contribution in [0.15, 0.2) is 60.0 Å². The predicted molar refractivity (Wildman–Crippen MR) is 108 cm³/mol. The molecule has 0 aliphatic carbocycles. The maximum atomic E-state index is 12.9. The van der Waals surface area contributed by atoms with Crippen LogP contribution in [0.1, 0.15) is 36.7 Å². The molecule has 2 amide bonds. The first-order chi connectivity index (χ1) is 13.1. The average Bonchev–Trinajstić information content (AvgIpc) is 3.35. The molecule has 0 spiro atoms. The topological polar surface area (TPSA) is 49.4 Å². The molecule has 0 fully saturated rings. The number of benzene rings is 2. The van der Waals surface area contributed by atoms with E-state index < -0.39 is 0 Å². The van der Waals surface area contributed by atoms with Gasteiger partial charge in [0.1, 0.15) is 0 Å². The molecule has 0 atom stereocenters. The van der Waals surface area contributed by atoms with E-state index in [1.165, 1.54) is 11.3 Å². The Hall–Kier alpha value is -2.92. The van der Waals surface area contributed by atoms with Gasteiger partial charge in [-0.2, -0.15) is 0 Å². The van der Waals surface area contributed by atoms with Crippen molar-refractivity contribution in [3.8, 4) is 0 Å². The third-order valence-corrected chi connectivity index (χ3v) is 5.62. The minimum Gasteiger partial charge on any atom is -0.347 e. The summed E-state index contributed by atoms with van der Waals surface area (Å²) in [5, 5.41) is 4.84. The van der Waals surface area contributed by atoms with E-state index in [2.05, 4.69) is 11.4 Å². The summed E-state index contributed by atoms with van der Waals surface area (Å²) in [4.78, 5) is 27.5. The number of aryl methyl sites for hydroxylation is 1. The molecule has 4 nitrogen and oxygen atoms in total. The number of thiophene rings is 1. The number of hydrogen-bond acceptors (Lipinski definition) is 3. The molecular weight excluding hydrogens is 356 g/mol. The van der Waals surface area contributed by atoms with Crippen molar-refractivity contribution in [2.45, 2.75) is 19.9 Å². The van der Waals surface area contributed by atoms with Gasteiger partial charge in [0.05, 0.1) is 4.88 Å². The second-order valence-corrected chi connectivity index (χ2v) is 7.65. The van der Waals surface area contributed by atoms with Gasteiger partial charge >= 0.3 is 0 Å². The minimum atomic E-state index is -0.0539. The Bertz CT molecular complexity index is 995. The van der Waals surface area contributed by atoms with E-state index in [0.717, 1.165) is 34.4 Å². The molecule has 2 aromatic carbocycles. The fourth-order valence-corrected chi connectivity index (χ4v) is 4.03. The monoisotopic (exact) mass is 376 g/mol. The molecule has 3 aromatic rings. The summed E-state index contributed by atoms with van der Waals surface area (Å²) in [6.45, 7) is 3.16. The third-order valence-electron chi connectivity index (χ3n) is 4.75. The zero-order chi connectivity index (χ0) is 18.8. The number of nitrogens with zero attached hydrogens (tertiary/aromatic N) is 1. The number of fused-ring (bicyclic) bond motifs is 1. The Morgan fingerprint density at radius 1 is 1.11 bits per heavy atom. The minimum absolute atomic E-state index is 0.0381. The van der Waals surface area contributed by atoms with Crippen LogP contribution in [0.3, 0.4) is 0 Å². The zero-order valence-corrected chi connectivity index (χ0v) is 15.9. The van der Waals surface area contributed by atoms with Crippen LogP contribution in [-0.2, 0) is 13.0 Å². The Balaban J connectivity index is 1.47. The van der Waals surface area contributed by atoms with Crippen LogP contribution < -0.4 is 10.2 Å². The SMILES string of the molecule is Cc1cccc(C(=O)N2CCc3cc(CNC(=O)c4cccs4)ccc32)c1. The van der Waals surface area contributed by atoms with Gasteiger partial charge < -0.3 is 10.2 Å². The summed E-state index contributed by atoms with van der Waals surface area (Å²) in [5.74, 6) is -0.0158. The van der Waals surface area contributed by atoms with Crippen molar-refractivity contribution in [1.29, 1.82) is 0 Å². The van der Waals surface area contributed by atoms with E-state index in [-0.39, 0.29) is 11.8 Å². The fourth-order valence-electron chi connectivity index (χ4n) is 3.39. The first-order valence-corrected chi connectivity index (χ1v) is 9.82. The van der Waals surface area contributed by atoms with Crippen LogP contribution in [0, 0.1) is 6.92 Å². The lowest BCUT2D eigenvalue weighted by Gasteiger charge is -2.18. The average molecular weight is 376 g/mol. The molecule has 2 heterocycles. The van der Waals surface area contributed by atoms with E-state index in [4.69, 9.17) is 0 Å². The number of rotatable bonds is 4. The lowest BCUT2D eigenvalue weighted by atomic mass is 10.1. The maximum Gasteiger partial charge on any atom is 0.261 e. The van der Waals surface area contributed by atoms with Crippen molar-refractivity contribution < 1.29 is 9.59 Å². The van der Waals surface area contributed by atoms with Gasteiger partial charge in [-0.1, -0.05) is 35.9 Å². The summed E-state index contributed by atoms with van der Waals surface area (Å²) in [7, 11) is 0. The van der Waals surface area contributed by atoms with Gasteiger partial charge in [0.25, 0.3) is 11.8 Å². The highest BCUT2D eigenvalue weighted by atomic mass is 32.1. The van der Waals surface area contributed by atoms with Gasteiger partial charge in [-0.05, 0) is 54.1 Å². The summed E-state index contributed by atoms with van der Waals surface area (Å²) in [5.41, 5.74) is 4.96. The van der Waals surface area contributed by atoms with Crippen molar-refractivity contribution >= 4 is 28.8 Å². The van der Waals surface area contributed by atoms with Crippen LogP contribution in [0.5, 0.6) is 0 Å². The van der Waals surface area contributed by atoms with Gasteiger partial charge in [0, 0.05) is 24.3 Å². The van der Waals surface area contributed by atoms with E-state index >= 15 is 0 Å². The molecule has 0 bridgehead atoms. The van der Waals surface area contributed by atoms with Crippen molar-refractivity contribution in [2.24, 2.45) is 0 Å². The standard InChI is InChI=1S/C22H20N2O2S/c1-15-4-2-5-18(12-15)22(26)24-10-9-17-13-16(7-8-19(17)24)14-23-21(25)20-6-3-11-27-20/h2-8,11-13H,9-10,14H2,1H3,(H,23,25). The van der Waals surface area contributed by atoms with Gasteiger partial charge in [-0.15, -0.1) is 11.3 Å². The number of carbonyl (C=O) groups is 2. The van der Waals surface area contributed by atoms with Crippen molar-refractivity contribution in [1.82, 2.24) is 5.32 Å². The Morgan fingerprint density at radius 3 is 2.78 bits per heavy atom. The lowest BCUT2D eigenvalue weighted by Crippen LogP contribution is -2.28. The second-order valence-electron chi connectivity index (χ2n) is 6.70. The van der Waals surface area contributed by atoms with Crippen molar-refractivity contribution in [3.05, 3.63) is 87.1 Å². The molecule has 1 aromatic heterocycles. The van der Waals surface area contributed by atoms with E-state index in [1.807, 2.05) is 65.7 Å². The molecule has 0 radical (unpaired) electrons. The molecule has 27 heavy (non-hydrogen) atoms. The van der Waals surface area contributed by atoms with Crippen molar-refractivity contribution in [2.75, 3.05) is 11.4 Å². The first-order valence-electron chi connectivity index (χ1n) is 8.94. The van der Waals surface area contributed by atoms with E-state index in [1.54, 1.807) is 0 Å². The largest absolute Gasteiger partial charge is 0.347 e. The molecule has 1 aliphatic rings. The number of amides is 2. The summed E-state index contributed by atoms with van der Waals surface area (Å²) in [6, 6.07) is 17.4. The normalized spacial score (nSPS) is 12.7. The molecule has 0 unspecified atom stereocenters. The molecule has 0 saturated carbocycles. The van der Waals surface area contributed by atoms with E-state index in [0.29, 0.717) is 18.0 Å². The molecular formula is C22H20N2O2S. The first kappa shape index (κ1) is 17.5. The Morgan fingerprint density at radius 2 is 2.00 bits per heavy atom. The molecule has 1 aliphatic heterocycles. The van der Waals surface area contributed by atoms with Gasteiger partial charge in [0.2, 0.25) is 0 Å². The smallest absolute Gasteiger partial charge is 0.261 e. The summed E-state index contributed by atoms with van der Waals surface area (Å²) >= 11 is 1.43. The van der Waals surface area contributed by atoms with E-state index in [9.17, 15) is 9.59 Å². The molecule has 4 rings (SSSR count). The molecule has 5 heteroatoms. The second kappa shape index (κ2) is 7.37. The van der Waals surface area contributed by atoms with Crippen LogP contribution in [-0.4, -0.2) is 18.4 Å². The Kier molecular flexibility index (Phi) is 4.77. The zero-order valence-electron chi connectivity index (χ0n) is 15.1. The fraction of sp³-hybridized carbons (Fsp3) is 0.182. The molecule has 136 valence electrons. The summed E-state index contributed by atoms with van der Waals surface area (Å²) < 4.78 is 0. The number of anilines is 1. The quantitative estimate of drug-likeness (QED) is 0.742. The summed E-state index contributed by atoms with van der Waals surface area (Å²) in [6.07, 6.45) is 0.833. The van der Waals surface area contributed by atoms with Gasteiger partial charge in [0.15, 0.2) is 0 Å². The lowest BCUT2D eigenvalue weighted by molar-refractivity contribution is 0.0953. The van der Waals surface area contributed by atoms with Crippen LogP contribution >= 0.6 is 11.3 Å². The van der Waals surface area contributed by atoms with Crippen LogP contribution in [0.25, 0.3) is 0 Å². The van der Waals surface area contributed by atoms with Crippen molar-refractivity contribution in [3.63, 3.8) is 0 Å². The third kappa shape index (κ3) is 3.64. The predicted octanol–water partition coefficient (Wildman–Crippen LogP) is 4.19. The highest BCUT2D eigenvalue weighted by Crippen LogP contribution is 2.30. The highest BCUT2D eigenvalue weighted by Gasteiger charge is 2.25. The van der Waals surface area contributed by atoms with Crippen LogP contribution in [0.2, 0.25) is 0 Å². The number of carbonyl (C=O) groups excluding carboxylic acids is 2. The number of nitrogens with one attached hydrogen (secondary N) is 1. The van der Waals surface area contributed by atoms with Crippen LogP contribution in [0.4, 0.5) is 5.69 Å². The molecule has 1 N–H and O–H groups in total. The highest BCUT2D eigenvalue weighted by molar-refractivity contribution is 7.12.